The lowest BCUT2D eigenvalue weighted by Crippen LogP contribution is -2.07. The highest BCUT2D eigenvalue weighted by Crippen LogP contribution is 2.37. The van der Waals surface area contributed by atoms with E-state index in [1.54, 1.807) is 0 Å². The molecule has 2 nitrogen and oxygen atoms in total. The normalized spacial score (nSPS) is 12.9. The molecule has 0 atom stereocenters. The van der Waals surface area contributed by atoms with Crippen LogP contribution in [0.2, 0.25) is 10.0 Å². The minimum Gasteiger partial charge on any atom is -0.231 e. The molecular weight excluding hydrogens is 303 g/mol. The first-order valence-corrected chi connectivity index (χ1v) is 7.60. The summed E-state index contributed by atoms with van der Waals surface area (Å²) in [5, 5.41) is 6.03. The summed E-state index contributed by atoms with van der Waals surface area (Å²) in [6.45, 7) is 0. The first-order valence-electron chi connectivity index (χ1n) is 6.84. The number of aryl methyl sites for hydroxylation is 2. The quantitative estimate of drug-likeness (QED) is 0.621. The third-order valence-corrected chi connectivity index (χ3v) is 4.47. The van der Waals surface area contributed by atoms with Gasteiger partial charge >= 0.3 is 0 Å². The Morgan fingerprint density at radius 3 is 2.62 bits per heavy atom. The fourth-order valence-corrected chi connectivity index (χ4v) is 3.34. The standard InChI is InChI=1S/C17H12Cl2N2/c18-13-7-8-14-11(9-13)5-6-12-10-20-21(17(12)14)16-4-2-1-3-15(16)19/h1-4,7-10H,5-6H2. The van der Waals surface area contributed by atoms with E-state index in [2.05, 4.69) is 11.2 Å². The summed E-state index contributed by atoms with van der Waals surface area (Å²) >= 11 is 12.4. The topological polar surface area (TPSA) is 17.8 Å². The Bertz CT molecular complexity index is 837. The molecule has 104 valence electrons. The van der Waals surface area contributed by atoms with Crippen LogP contribution < -0.4 is 0 Å². The number of nitrogens with zero attached hydrogens (tertiary/aromatic N) is 2. The van der Waals surface area contributed by atoms with Crippen LogP contribution in [0, 0.1) is 0 Å². The van der Waals surface area contributed by atoms with Crippen LogP contribution in [0.3, 0.4) is 0 Å². The van der Waals surface area contributed by atoms with Gasteiger partial charge in [0, 0.05) is 10.6 Å². The van der Waals surface area contributed by atoms with Gasteiger partial charge in [-0.2, -0.15) is 5.10 Å². The maximum Gasteiger partial charge on any atom is 0.0839 e. The fourth-order valence-electron chi connectivity index (χ4n) is 2.93. The van der Waals surface area contributed by atoms with Crippen molar-refractivity contribution in [3.63, 3.8) is 0 Å². The number of rotatable bonds is 1. The van der Waals surface area contributed by atoms with Crippen molar-refractivity contribution in [2.24, 2.45) is 0 Å². The van der Waals surface area contributed by atoms with Crippen LogP contribution in [-0.4, -0.2) is 9.78 Å². The summed E-state index contributed by atoms with van der Waals surface area (Å²) in [7, 11) is 0. The van der Waals surface area contributed by atoms with Crippen LogP contribution in [0.5, 0.6) is 0 Å². The van der Waals surface area contributed by atoms with Gasteiger partial charge in [0.1, 0.15) is 0 Å². The summed E-state index contributed by atoms with van der Waals surface area (Å²) in [5.74, 6) is 0. The highest BCUT2D eigenvalue weighted by molar-refractivity contribution is 6.32. The molecule has 0 saturated carbocycles. The average Bonchev–Trinajstić information content (AvgIpc) is 2.91. The van der Waals surface area contributed by atoms with Crippen molar-refractivity contribution in [1.82, 2.24) is 9.78 Å². The largest absolute Gasteiger partial charge is 0.231 e. The molecule has 21 heavy (non-hydrogen) atoms. The summed E-state index contributed by atoms with van der Waals surface area (Å²) in [6.07, 6.45) is 3.92. The number of hydrogen-bond donors (Lipinski definition) is 0. The Kier molecular flexibility index (Phi) is 3.02. The van der Waals surface area contributed by atoms with Gasteiger partial charge in [0.15, 0.2) is 0 Å². The number of aromatic nitrogens is 2. The van der Waals surface area contributed by atoms with Crippen molar-refractivity contribution in [2.45, 2.75) is 12.8 Å². The molecule has 2 aromatic carbocycles. The first kappa shape index (κ1) is 12.9. The van der Waals surface area contributed by atoms with E-state index in [4.69, 9.17) is 23.2 Å². The number of halogens is 2. The maximum atomic E-state index is 6.33. The van der Waals surface area contributed by atoms with Gasteiger partial charge in [-0.15, -0.1) is 0 Å². The number of para-hydroxylation sites is 1. The summed E-state index contributed by atoms with van der Waals surface area (Å²) in [5.41, 5.74) is 5.75. The average molecular weight is 315 g/mol. The van der Waals surface area contributed by atoms with Crippen molar-refractivity contribution in [2.75, 3.05) is 0 Å². The molecule has 1 aromatic heterocycles. The predicted octanol–water partition coefficient (Wildman–Crippen LogP) is 4.94. The molecule has 0 N–H and O–H groups in total. The number of fused-ring (bicyclic) bond motifs is 3. The second-order valence-electron chi connectivity index (χ2n) is 5.18. The van der Waals surface area contributed by atoms with Gasteiger partial charge < -0.3 is 0 Å². The van der Waals surface area contributed by atoms with Crippen molar-refractivity contribution >= 4 is 23.2 Å². The van der Waals surface area contributed by atoms with Gasteiger partial charge in [-0.25, -0.2) is 4.68 Å². The van der Waals surface area contributed by atoms with Crippen LogP contribution in [0.4, 0.5) is 0 Å². The van der Waals surface area contributed by atoms with Gasteiger partial charge in [-0.05, 0) is 48.2 Å². The molecular formula is C17H12Cl2N2. The first-order chi connectivity index (χ1) is 10.2. The molecule has 0 saturated heterocycles. The zero-order valence-corrected chi connectivity index (χ0v) is 12.7. The van der Waals surface area contributed by atoms with E-state index in [-0.39, 0.29) is 0 Å². The minimum atomic E-state index is 0.699. The molecule has 0 spiro atoms. The predicted molar refractivity (Wildman–Crippen MR) is 86.4 cm³/mol. The van der Waals surface area contributed by atoms with Gasteiger partial charge in [0.25, 0.3) is 0 Å². The van der Waals surface area contributed by atoms with Crippen molar-refractivity contribution < 1.29 is 0 Å². The van der Waals surface area contributed by atoms with Gasteiger partial charge in [0.05, 0.1) is 22.6 Å². The number of benzene rings is 2. The second kappa shape index (κ2) is 4.90. The Morgan fingerprint density at radius 2 is 1.76 bits per heavy atom. The van der Waals surface area contributed by atoms with E-state index in [0.717, 1.165) is 29.2 Å². The zero-order valence-electron chi connectivity index (χ0n) is 11.2. The lowest BCUT2D eigenvalue weighted by atomic mass is 9.90. The Hall–Kier alpha value is -1.77. The van der Waals surface area contributed by atoms with E-state index in [1.165, 1.54) is 16.7 Å². The second-order valence-corrected chi connectivity index (χ2v) is 6.03. The molecule has 0 fully saturated rings. The van der Waals surface area contributed by atoms with Gasteiger partial charge in [-0.3, -0.25) is 0 Å². The van der Waals surface area contributed by atoms with E-state index in [9.17, 15) is 0 Å². The van der Waals surface area contributed by atoms with Crippen LogP contribution >= 0.6 is 23.2 Å². The molecule has 4 heteroatoms. The lowest BCUT2D eigenvalue weighted by Gasteiger charge is -2.19. The molecule has 1 aliphatic rings. The number of hydrogen-bond acceptors (Lipinski definition) is 1. The molecule has 0 bridgehead atoms. The lowest BCUT2D eigenvalue weighted by molar-refractivity contribution is 0.876. The highest BCUT2D eigenvalue weighted by atomic mass is 35.5. The Balaban J connectivity index is 1.97. The minimum absolute atomic E-state index is 0.699. The maximum absolute atomic E-state index is 6.33. The smallest absolute Gasteiger partial charge is 0.0839 e. The Morgan fingerprint density at radius 1 is 0.952 bits per heavy atom. The Labute approximate surface area is 132 Å². The van der Waals surface area contributed by atoms with Crippen LogP contribution in [-0.2, 0) is 12.8 Å². The van der Waals surface area contributed by atoms with E-state index < -0.39 is 0 Å². The van der Waals surface area contributed by atoms with Crippen molar-refractivity contribution in [3.05, 3.63) is 69.8 Å². The highest BCUT2D eigenvalue weighted by Gasteiger charge is 2.22. The molecule has 4 rings (SSSR count). The zero-order chi connectivity index (χ0) is 14.4. The van der Waals surface area contributed by atoms with Crippen LogP contribution in [0.15, 0.2) is 48.7 Å². The summed E-state index contributed by atoms with van der Waals surface area (Å²) in [4.78, 5) is 0. The monoisotopic (exact) mass is 314 g/mol. The molecule has 3 aromatic rings. The molecule has 0 amide bonds. The molecule has 1 aliphatic carbocycles. The van der Waals surface area contributed by atoms with Crippen LogP contribution in [0.25, 0.3) is 16.9 Å². The van der Waals surface area contributed by atoms with Crippen molar-refractivity contribution in [3.8, 4) is 16.9 Å². The van der Waals surface area contributed by atoms with Crippen LogP contribution in [0.1, 0.15) is 11.1 Å². The van der Waals surface area contributed by atoms with Crippen molar-refractivity contribution in [1.29, 1.82) is 0 Å². The molecule has 0 aliphatic heterocycles. The fraction of sp³-hybridized carbons (Fsp3) is 0.118. The van der Waals surface area contributed by atoms with Gasteiger partial charge in [0.2, 0.25) is 0 Å². The molecule has 1 heterocycles. The molecule has 0 unspecified atom stereocenters. The third kappa shape index (κ3) is 2.06. The third-order valence-electron chi connectivity index (χ3n) is 3.91. The molecule has 0 radical (unpaired) electrons. The summed E-state index contributed by atoms with van der Waals surface area (Å²) < 4.78 is 1.93. The van der Waals surface area contributed by atoms with Gasteiger partial charge in [-0.1, -0.05) is 41.4 Å². The van der Waals surface area contributed by atoms with E-state index >= 15 is 0 Å². The van der Waals surface area contributed by atoms with E-state index in [1.807, 2.05) is 47.3 Å². The summed E-state index contributed by atoms with van der Waals surface area (Å²) in [6, 6.07) is 13.8. The van der Waals surface area contributed by atoms with E-state index in [0.29, 0.717) is 5.02 Å². The SMILES string of the molecule is Clc1ccc2c(c1)CCc1cnn(-c3ccccc3Cl)c1-2.